The maximum absolute atomic E-state index is 12.3. The minimum absolute atomic E-state index is 0.107. The lowest BCUT2D eigenvalue weighted by atomic mass is 9.81. The lowest BCUT2D eigenvalue weighted by Crippen LogP contribution is -2.66. The summed E-state index contributed by atoms with van der Waals surface area (Å²) in [6.07, 6.45) is 6.30. The first-order valence-corrected chi connectivity index (χ1v) is 7.45. The molecule has 0 aromatic carbocycles. The predicted octanol–water partition coefficient (Wildman–Crippen LogP) is 1.75. The molecule has 0 aromatic heterocycles. The molecular weight excluding hydrogens is 242 g/mol. The molecule has 0 unspecified atom stereocenters. The van der Waals surface area contributed by atoms with Crippen molar-refractivity contribution in [1.82, 2.24) is 4.90 Å². The molecule has 1 aliphatic carbocycles. The second-order valence-corrected chi connectivity index (χ2v) is 5.84. The SMILES string of the molecule is CCOC[C@@H]1CCOC12CN(C(=O)C1=CCCC1)C2. The van der Waals surface area contributed by atoms with Crippen LogP contribution in [0.25, 0.3) is 0 Å². The van der Waals surface area contributed by atoms with E-state index in [2.05, 4.69) is 6.08 Å². The smallest absolute Gasteiger partial charge is 0.249 e. The van der Waals surface area contributed by atoms with Crippen LogP contribution in [0.4, 0.5) is 0 Å². The van der Waals surface area contributed by atoms with E-state index in [1.54, 1.807) is 0 Å². The number of ether oxygens (including phenoxy) is 2. The standard InChI is InChI=1S/C15H23NO3/c1-2-18-9-13-7-8-19-15(13)10-16(11-15)14(17)12-5-3-4-6-12/h5,13H,2-4,6-11H2,1H3/t13-/m0/s1. The Hall–Kier alpha value is -0.870. The molecule has 2 aliphatic heterocycles. The molecule has 2 heterocycles. The quantitative estimate of drug-likeness (QED) is 0.777. The third-order valence-electron chi connectivity index (χ3n) is 4.64. The average molecular weight is 265 g/mol. The molecule has 4 nitrogen and oxygen atoms in total. The monoisotopic (exact) mass is 265 g/mol. The first-order chi connectivity index (χ1) is 9.25. The number of rotatable bonds is 4. The molecule has 2 fully saturated rings. The van der Waals surface area contributed by atoms with E-state index >= 15 is 0 Å². The normalized spacial score (nSPS) is 28.6. The van der Waals surface area contributed by atoms with E-state index < -0.39 is 0 Å². The third kappa shape index (κ3) is 2.32. The second kappa shape index (κ2) is 5.25. The number of nitrogens with zero attached hydrogens (tertiary/aromatic N) is 1. The van der Waals surface area contributed by atoms with Gasteiger partial charge in [-0.3, -0.25) is 4.79 Å². The van der Waals surface area contributed by atoms with Crippen molar-refractivity contribution in [2.75, 3.05) is 32.9 Å². The van der Waals surface area contributed by atoms with E-state index in [0.29, 0.717) is 5.92 Å². The number of hydrogen-bond acceptors (Lipinski definition) is 3. The minimum Gasteiger partial charge on any atom is -0.381 e. The summed E-state index contributed by atoms with van der Waals surface area (Å²) in [6, 6.07) is 0. The minimum atomic E-state index is -0.107. The fraction of sp³-hybridized carbons (Fsp3) is 0.800. The number of hydrogen-bond donors (Lipinski definition) is 0. The molecule has 1 atom stereocenters. The summed E-state index contributed by atoms with van der Waals surface area (Å²) in [5.41, 5.74) is 0.901. The van der Waals surface area contributed by atoms with Crippen molar-refractivity contribution in [3.63, 3.8) is 0 Å². The average Bonchev–Trinajstić information content (AvgIpc) is 3.02. The van der Waals surface area contributed by atoms with Gasteiger partial charge in [0.15, 0.2) is 0 Å². The molecule has 0 saturated carbocycles. The van der Waals surface area contributed by atoms with Gasteiger partial charge in [-0.2, -0.15) is 0 Å². The van der Waals surface area contributed by atoms with Gasteiger partial charge in [0.1, 0.15) is 5.60 Å². The molecule has 3 rings (SSSR count). The van der Waals surface area contributed by atoms with Crippen LogP contribution in [0.15, 0.2) is 11.6 Å². The summed E-state index contributed by atoms with van der Waals surface area (Å²) in [5, 5.41) is 0. The Bertz CT molecular complexity index is 385. The molecule has 0 N–H and O–H groups in total. The molecule has 0 bridgehead atoms. The van der Waals surface area contributed by atoms with E-state index in [-0.39, 0.29) is 11.5 Å². The van der Waals surface area contributed by atoms with Crippen LogP contribution in [-0.4, -0.2) is 49.3 Å². The van der Waals surface area contributed by atoms with Crippen LogP contribution >= 0.6 is 0 Å². The zero-order valence-electron chi connectivity index (χ0n) is 11.7. The van der Waals surface area contributed by atoms with Crippen molar-refractivity contribution in [2.24, 2.45) is 5.92 Å². The van der Waals surface area contributed by atoms with Gasteiger partial charge in [-0.1, -0.05) is 6.08 Å². The summed E-state index contributed by atoms with van der Waals surface area (Å²) < 4.78 is 11.5. The molecule has 19 heavy (non-hydrogen) atoms. The zero-order valence-corrected chi connectivity index (χ0v) is 11.7. The van der Waals surface area contributed by atoms with Crippen LogP contribution in [-0.2, 0) is 14.3 Å². The van der Waals surface area contributed by atoms with E-state index in [9.17, 15) is 4.79 Å². The predicted molar refractivity (Wildman–Crippen MR) is 71.8 cm³/mol. The number of carbonyl (C=O) groups is 1. The van der Waals surface area contributed by atoms with Crippen LogP contribution < -0.4 is 0 Å². The summed E-state index contributed by atoms with van der Waals surface area (Å²) in [5.74, 6) is 0.683. The molecule has 0 aromatic rings. The van der Waals surface area contributed by atoms with Gasteiger partial charge in [-0.25, -0.2) is 0 Å². The third-order valence-corrected chi connectivity index (χ3v) is 4.64. The van der Waals surface area contributed by atoms with Crippen LogP contribution in [0.3, 0.4) is 0 Å². The van der Waals surface area contributed by atoms with Gasteiger partial charge in [0.25, 0.3) is 0 Å². The van der Waals surface area contributed by atoms with Gasteiger partial charge in [-0.15, -0.1) is 0 Å². The van der Waals surface area contributed by atoms with Crippen LogP contribution in [0.5, 0.6) is 0 Å². The van der Waals surface area contributed by atoms with E-state index in [0.717, 1.165) is 64.2 Å². The van der Waals surface area contributed by atoms with E-state index in [1.165, 1.54) is 0 Å². The van der Waals surface area contributed by atoms with Crippen LogP contribution in [0.1, 0.15) is 32.6 Å². The molecule has 3 aliphatic rings. The molecular formula is C15H23NO3. The maximum Gasteiger partial charge on any atom is 0.249 e. The largest absolute Gasteiger partial charge is 0.381 e. The van der Waals surface area contributed by atoms with Crippen molar-refractivity contribution in [3.8, 4) is 0 Å². The van der Waals surface area contributed by atoms with Crippen molar-refractivity contribution in [1.29, 1.82) is 0 Å². The number of likely N-dealkylation sites (tertiary alicyclic amines) is 1. The molecule has 0 radical (unpaired) electrons. The topological polar surface area (TPSA) is 38.8 Å². The summed E-state index contributed by atoms with van der Waals surface area (Å²) in [6.45, 7) is 5.85. The van der Waals surface area contributed by atoms with E-state index in [4.69, 9.17) is 9.47 Å². The Kier molecular flexibility index (Phi) is 3.63. The highest BCUT2D eigenvalue weighted by Gasteiger charge is 2.54. The highest BCUT2D eigenvalue weighted by molar-refractivity contribution is 5.94. The first kappa shape index (κ1) is 13.1. The number of amides is 1. The van der Waals surface area contributed by atoms with Crippen LogP contribution in [0, 0.1) is 5.92 Å². The molecule has 4 heteroatoms. The zero-order chi connectivity index (χ0) is 13.3. The summed E-state index contributed by atoms with van der Waals surface area (Å²) in [4.78, 5) is 14.2. The summed E-state index contributed by atoms with van der Waals surface area (Å²) in [7, 11) is 0. The van der Waals surface area contributed by atoms with Crippen LogP contribution in [0.2, 0.25) is 0 Å². The van der Waals surface area contributed by atoms with Crippen molar-refractivity contribution >= 4 is 5.91 Å². The Morgan fingerprint density at radius 1 is 1.58 bits per heavy atom. The van der Waals surface area contributed by atoms with Crippen molar-refractivity contribution in [2.45, 2.75) is 38.2 Å². The first-order valence-electron chi connectivity index (χ1n) is 7.45. The molecule has 2 saturated heterocycles. The van der Waals surface area contributed by atoms with E-state index in [1.807, 2.05) is 11.8 Å². The van der Waals surface area contributed by atoms with Gasteiger partial charge in [0.05, 0.1) is 19.7 Å². The van der Waals surface area contributed by atoms with Gasteiger partial charge in [0.2, 0.25) is 5.91 Å². The van der Waals surface area contributed by atoms with Gasteiger partial charge in [0, 0.05) is 24.7 Å². The molecule has 106 valence electrons. The van der Waals surface area contributed by atoms with Gasteiger partial charge >= 0.3 is 0 Å². The Balaban J connectivity index is 1.57. The Morgan fingerprint density at radius 3 is 3.11 bits per heavy atom. The summed E-state index contributed by atoms with van der Waals surface area (Å²) >= 11 is 0. The lowest BCUT2D eigenvalue weighted by molar-refractivity contribution is -0.165. The maximum atomic E-state index is 12.3. The Labute approximate surface area is 114 Å². The van der Waals surface area contributed by atoms with Crippen molar-refractivity contribution in [3.05, 3.63) is 11.6 Å². The lowest BCUT2D eigenvalue weighted by Gasteiger charge is -2.50. The number of carbonyl (C=O) groups excluding carboxylic acids is 1. The van der Waals surface area contributed by atoms with Gasteiger partial charge in [-0.05, 0) is 32.6 Å². The highest BCUT2D eigenvalue weighted by atomic mass is 16.5. The van der Waals surface area contributed by atoms with Crippen molar-refractivity contribution < 1.29 is 14.3 Å². The molecule has 1 amide bonds. The second-order valence-electron chi connectivity index (χ2n) is 5.84. The molecule has 1 spiro atoms. The fourth-order valence-electron chi connectivity index (χ4n) is 3.44. The highest BCUT2D eigenvalue weighted by Crippen LogP contribution is 2.41. The fourth-order valence-corrected chi connectivity index (χ4v) is 3.44. The number of allylic oxidation sites excluding steroid dienone is 1. The Morgan fingerprint density at radius 2 is 2.42 bits per heavy atom. The van der Waals surface area contributed by atoms with Gasteiger partial charge < -0.3 is 14.4 Å².